The summed E-state index contributed by atoms with van der Waals surface area (Å²) in [5.74, 6) is -0.223. The number of ether oxygens (including phenoxy) is 1. The van der Waals surface area contributed by atoms with Gasteiger partial charge in [-0.15, -0.1) is 13.2 Å². The van der Waals surface area contributed by atoms with E-state index < -0.39 is 22.0 Å². The van der Waals surface area contributed by atoms with E-state index in [1.807, 2.05) is 19.1 Å². The Bertz CT molecular complexity index is 1760. The van der Waals surface area contributed by atoms with E-state index >= 15 is 0 Å². The second-order valence-electron chi connectivity index (χ2n) is 14.4. The van der Waals surface area contributed by atoms with Crippen molar-refractivity contribution < 1.29 is 35.5 Å². The van der Waals surface area contributed by atoms with Crippen molar-refractivity contribution in [1.29, 1.82) is 0 Å². The molecule has 3 aromatic rings. The second kappa shape index (κ2) is 17.8. The Hall–Kier alpha value is -3.77. The number of aromatic nitrogens is 1. The van der Waals surface area contributed by atoms with Crippen molar-refractivity contribution in [2.45, 2.75) is 88.9 Å². The first-order valence-electron chi connectivity index (χ1n) is 18.3. The fourth-order valence-electron chi connectivity index (χ4n) is 6.82. The lowest BCUT2D eigenvalue weighted by Gasteiger charge is -2.28. The molecule has 2 atom stereocenters. The molecule has 1 saturated carbocycles. The molecular formula is C40H49F4N3O4S. The van der Waals surface area contributed by atoms with Crippen LogP contribution in [0.2, 0.25) is 0 Å². The summed E-state index contributed by atoms with van der Waals surface area (Å²) in [6, 6.07) is 14.2. The monoisotopic (exact) mass is 743 g/mol. The molecule has 1 aliphatic carbocycles. The molecule has 282 valence electrons. The van der Waals surface area contributed by atoms with Gasteiger partial charge in [-0.3, -0.25) is 9.78 Å². The number of nitrogens with one attached hydrogen (secondary N) is 1. The van der Waals surface area contributed by atoms with Gasteiger partial charge in [-0.05, 0) is 148 Å². The van der Waals surface area contributed by atoms with Gasteiger partial charge >= 0.3 is 6.36 Å². The van der Waals surface area contributed by atoms with Crippen LogP contribution in [0.25, 0.3) is 11.3 Å². The fourth-order valence-corrected chi connectivity index (χ4v) is 8.59. The topological polar surface area (TPSA) is 88.6 Å². The van der Waals surface area contributed by atoms with Crippen LogP contribution >= 0.6 is 0 Å². The molecular weight excluding hydrogens is 695 g/mol. The maximum atomic E-state index is 13.3. The Labute approximate surface area is 304 Å². The lowest BCUT2D eigenvalue weighted by Crippen LogP contribution is -2.31. The molecule has 2 unspecified atom stereocenters. The van der Waals surface area contributed by atoms with Gasteiger partial charge in [0.2, 0.25) is 5.91 Å². The van der Waals surface area contributed by atoms with Gasteiger partial charge in [0.1, 0.15) is 11.6 Å². The fraction of sp³-hybridized carbons (Fsp3) is 0.500. The third-order valence-corrected chi connectivity index (χ3v) is 12.0. The lowest BCUT2D eigenvalue weighted by atomic mass is 9.90. The molecule has 12 heteroatoms. The van der Waals surface area contributed by atoms with Crippen LogP contribution in [-0.2, 0) is 27.6 Å². The quantitative estimate of drug-likeness (QED) is 0.0898. The lowest BCUT2D eigenvalue weighted by molar-refractivity contribution is -0.274. The number of halogens is 4. The minimum atomic E-state index is -4.79. The Kier molecular flexibility index (Phi) is 13.5. The number of hydrogen-bond acceptors (Lipinski definition) is 6. The van der Waals surface area contributed by atoms with Crippen LogP contribution in [0.1, 0.15) is 76.0 Å². The molecule has 2 heterocycles. The summed E-state index contributed by atoms with van der Waals surface area (Å²) in [5.41, 5.74) is 3.22. The molecule has 1 amide bonds. The average molecular weight is 744 g/mol. The summed E-state index contributed by atoms with van der Waals surface area (Å²) < 4.78 is 81.5. The molecule has 1 aromatic heterocycles. The minimum Gasteiger partial charge on any atom is -0.406 e. The van der Waals surface area contributed by atoms with E-state index in [4.69, 9.17) is 4.98 Å². The Balaban J connectivity index is 1.24. The number of benzene rings is 2. The number of hydrogen-bond donors (Lipinski definition) is 1. The highest BCUT2D eigenvalue weighted by atomic mass is 32.2. The van der Waals surface area contributed by atoms with E-state index in [0.717, 1.165) is 68.1 Å². The van der Waals surface area contributed by atoms with Crippen LogP contribution in [0, 0.1) is 23.6 Å². The number of amides is 1. The van der Waals surface area contributed by atoms with Gasteiger partial charge in [0, 0.05) is 29.9 Å². The zero-order valence-corrected chi connectivity index (χ0v) is 30.6. The van der Waals surface area contributed by atoms with Gasteiger partial charge in [-0.2, -0.15) is 0 Å². The van der Waals surface area contributed by atoms with Gasteiger partial charge in [-0.25, -0.2) is 12.8 Å². The summed E-state index contributed by atoms with van der Waals surface area (Å²) >= 11 is 0. The van der Waals surface area contributed by atoms with Gasteiger partial charge < -0.3 is 15.0 Å². The molecule has 5 rings (SSSR count). The zero-order valence-electron chi connectivity index (χ0n) is 29.8. The van der Waals surface area contributed by atoms with E-state index in [2.05, 4.69) is 21.5 Å². The smallest absolute Gasteiger partial charge is 0.406 e. The molecule has 0 bridgehead atoms. The minimum absolute atomic E-state index is 0.0654. The van der Waals surface area contributed by atoms with Crippen molar-refractivity contribution in [1.82, 2.24) is 15.2 Å². The number of carbonyl (C=O) groups is 1. The number of pyridine rings is 1. The van der Waals surface area contributed by atoms with Crippen LogP contribution in [-0.4, -0.2) is 56.0 Å². The van der Waals surface area contributed by atoms with Crippen molar-refractivity contribution in [3.05, 3.63) is 89.9 Å². The summed E-state index contributed by atoms with van der Waals surface area (Å²) in [6.07, 6.45) is 4.45. The second-order valence-corrected chi connectivity index (χ2v) is 16.4. The molecule has 1 N–H and O–H groups in total. The number of sulfone groups is 1. The van der Waals surface area contributed by atoms with E-state index in [1.165, 1.54) is 50.1 Å². The SMILES string of the molecule is C=C(CCC(CC)CS(=O)(=O)c1ccc(F)cc1)C(=O)NCc1cc(CC2CCCCN(CC3CC3)CC2)nc(-c2ccc(OC(F)(F)F)cc2)c1. The summed E-state index contributed by atoms with van der Waals surface area (Å²) in [7, 11) is -3.63. The predicted octanol–water partition coefficient (Wildman–Crippen LogP) is 8.68. The number of carbonyl (C=O) groups excluding carboxylic acids is 1. The highest BCUT2D eigenvalue weighted by Gasteiger charge is 2.31. The summed E-state index contributed by atoms with van der Waals surface area (Å²) in [6.45, 7) is 9.43. The molecule has 2 aromatic carbocycles. The van der Waals surface area contributed by atoms with Crippen molar-refractivity contribution in [3.8, 4) is 17.0 Å². The molecule has 2 fully saturated rings. The van der Waals surface area contributed by atoms with Crippen molar-refractivity contribution in [2.75, 3.05) is 25.4 Å². The van der Waals surface area contributed by atoms with Crippen LogP contribution in [0.5, 0.6) is 5.75 Å². The van der Waals surface area contributed by atoms with E-state index in [1.54, 1.807) is 12.1 Å². The number of nitrogens with zero attached hydrogens (tertiary/aromatic N) is 2. The summed E-state index contributed by atoms with van der Waals surface area (Å²) in [5, 5.41) is 2.94. The Morgan fingerprint density at radius 3 is 2.40 bits per heavy atom. The van der Waals surface area contributed by atoms with Crippen LogP contribution in [0.4, 0.5) is 17.6 Å². The Morgan fingerprint density at radius 1 is 1.00 bits per heavy atom. The molecule has 1 saturated heterocycles. The number of likely N-dealkylation sites (tertiary alicyclic amines) is 1. The van der Waals surface area contributed by atoms with Crippen LogP contribution < -0.4 is 10.1 Å². The van der Waals surface area contributed by atoms with E-state index in [0.29, 0.717) is 42.0 Å². The normalized spacial score (nSPS) is 17.9. The van der Waals surface area contributed by atoms with Gasteiger partial charge in [0.15, 0.2) is 9.84 Å². The molecule has 52 heavy (non-hydrogen) atoms. The Morgan fingerprint density at radius 2 is 1.73 bits per heavy atom. The van der Waals surface area contributed by atoms with Gasteiger partial charge in [0.05, 0.1) is 16.3 Å². The van der Waals surface area contributed by atoms with Gasteiger partial charge in [0.25, 0.3) is 0 Å². The standard InChI is InChI=1S/C40H49F4N3O4S/c1-3-29(27-52(49,50)37-17-13-34(41)14-18-37)8-7-28(2)39(48)45-25-32-23-35(22-30-6-4-5-20-47(21-19-30)26-31-9-10-31)46-38(24-32)33-11-15-36(16-12-33)51-40(42,43)44/h11-18,23-24,29-31H,2-10,19-22,25-27H2,1H3,(H,45,48). The van der Waals surface area contributed by atoms with E-state index in [9.17, 15) is 30.8 Å². The van der Waals surface area contributed by atoms with Crippen LogP contribution in [0.3, 0.4) is 0 Å². The zero-order chi connectivity index (χ0) is 37.3. The maximum Gasteiger partial charge on any atom is 0.573 e. The van der Waals surface area contributed by atoms with Crippen molar-refractivity contribution >= 4 is 15.7 Å². The molecule has 1 aliphatic heterocycles. The molecule has 0 spiro atoms. The van der Waals surface area contributed by atoms with E-state index in [-0.39, 0.29) is 34.8 Å². The highest BCUT2D eigenvalue weighted by molar-refractivity contribution is 7.91. The first-order chi connectivity index (χ1) is 24.8. The highest BCUT2D eigenvalue weighted by Crippen LogP contribution is 2.32. The molecule has 0 radical (unpaired) electrons. The van der Waals surface area contributed by atoms with Gasteiger partial charge in [-0.1, -0.05) is 26.3 Å². The van der Waals surface area contributed by atoms with Crippen LogP contribution in [0.15, 0.2) is 77.7 Å². The third kappa shape index (κ3) is 12.4. The number of alkyl halides is 3. The number of rotatable bonds is 16. The molecule has 7 nitrogen and oxygen atoms in total. The first kappa shape index (κ1) is 39.4. The molecule has 2 aliphatic rings. The average Bonchev–Trinajstić information content (AvgIpc) is 3.92. The predicted molar refractivity (Wildman–Crippen MR) is 194 cm³/mol. The third-order valence-electron chi connectivity index (χ3n) is 10.1. The van der Waals surface area contributed by atoms with Crippen molar-refractivity contribution in [3.63, 3.8) is 0 Å². The first-order valence-corrected chi connectivity index (χ1v) is 19.9. The maximum absolute atomic E-state index is 13.3. The largest absolute Gasteiger partial charge is 0.573 e. The van der Waals surface area contributed by atoms with Crippen molar-refractivity contribution in [2.24, 2.45) is 17.8 Å². The summed E-state index contributed by atoms with van der Waals surface area (Å²) in [4.78, 5) is 20.8.